The van der Waals surface area contributed by atoms with Crippen LogP contribution in [0.15, 0.2) is 53.4 Å². The lowest BCUT2D eigenvalue weighted by Crippen LogP contribution is -2.22. The highest BCUT2D eigenvalue weighted by molar-refractivity contribution is 7.91. The van der Waals surface area contributed by atoms with Crippen molar-refractivity contribution in [2.24, 2.45) is 5.73 Å². The average molecular weight is 347 g/mol. The Balaban J connectivity index is 2.39. The summed E-state index contributed by atoms with van der Waals surface area (Å²) in [7, 11) is -3.81. The first-order valence-corrected chi connectivity index (χ1v) is 9.01. The second-order valence-corrected chi connectivity index (χ2v) is 8.74. The van der Waals surface area contributed by atoms with Gasteiger partial charge in [0.15, 0.2) is 9.84 Å². The molecule has 0 aromatic heterocycles. The molecule has 0 fully saturated rings. The SMILES string of the molecule is CC(C)(C)c1ccc(S(=O)(=O)C(N)c2cccc(C(=O)O)c2)cc1. The van der Waals surface area contributed by atoms with E-state index in [1.165, 1.54) is 36.4 Å². The maximum atomic E-state index is 12.7. The second kappa shape index (κ2) is 6.37. The Bertz CT molecular complexity index is 849. The van der Waals surface area contributed by atoms with E-state index in [-0.39, 0.29) is 21.4 Å². The lowest BCUT2D eigenvalue weighted by Gasteiger charge is -2.20. The zero-order valence-corrected chi connectivity index (χ0v) is 14.7. The van der Waals surface area contributed by atoms with Gasteiger partial charge in [-0.15, -0.1) is 0 Å². The molecule has 24 heavy (non-hydrogen) atoms. The van der Waals surface area contributed by atoms with Crippen LogP contribution in [0.5, 0.6) is 0 Å². The molecule has 6 heteroatoms. The Morgan fingerprint density at radius 3 is 2.17 bits per heavy atom. The predicted octanol–water partition coefficient (Wildman–Crippen LogP) is 3.11. The maximum Gasteiger partial charge on any atom is 0.335 e. The molecular weight excluding hydrogens is 326 g/mol. The fourth-order valence-electron chi connectivity index (χ4n) is 2.32. The number of rotatable bonds is 4. The van der Waals surface area contributed by atoms with Gasteiger partial charge in [0.1, 0.15) is 5.37 Å². The number of nitrogens with two attached hydrogens (primary N) is 1. The van der Waals surface area contributed by atoms with Gasteiger partial charge in [-0.2, -0.15) is 0 Å². The second-order valence-electron chi connectivity index (χ2n) is 6.67. The van der Waals surface area contributed by atoms with E-state index >= 15 is 0 Å². The van der Waals surface area contributed by atoms with Gasteiger partial charge < -0.3 is 10.8 Å². The molecule has 1 atom stereocenters. The standard InChI is InChI=1S/C18H21NO4S/c1-18(2,3)14-7-9-15(10-8-14)24(22,23)16(19)12-5-4-6-13(11-12)17(20)21/h4-11,16H,19H2,1-3H3,(H,20,21). The monoisotopic (exact) mass is 347 g/mol. The molecule has 0 heterocycles. The highest BCUT2D eigenvalue weighted by Crippen LogP contribution is 2.28. The molecule has 0 amide bonds. The van der Waals surface area contributed by atoms with E-state index in [0.29, 0.717) is 0 Å². The molecule has 0 spiro atoms. The molecule has 3 N–H and O–H groups in total. The highest BCUT2D eigenvalue weighted by atomic mass is 32.2. The zero-order valence-electron chi connectivity index (χ0n) is 13.9. The molecule has 2 aromatic carbocycles. The average Bonchev–Trinajstić information content (AvgIpc) is 2.53. The molecule has 128 valence electrons. The third kappa shape index (κ3) is 3.66. The van der Waals surface area contributed by atoms with Gasteiger partial charge in [-0.05, 0) is 40.8 Å². The molecule has 5 nitrogen and oxygen atoms in total. The number of benzene rings is 2. The van der Waals surface area contributed by atoms with Crippen molar-refractivity contribution >= 4 is 15.8 Å². The summed E-state index contributed by atoms with van der Waals surface area (Å²) < 4.78 is 25.4. The first kappa shape index (κ1) is 18.2. The summed E-state index contributed by atoms with van der Waals surface area (Å²) in [6, 6.07) is 12.3. The van der Waals surface area contributed by atoms with E-state index in [2.05, 4.69) is 0 Å². The quantitative estimate of drug-likeness (QED) is 0.885. The van der Waals surface area contributed by atoms with Crippen LogP contribution in [0.4, 0.5) is 0 Å². The van der Waals surface area contributed by atoms with Crippen LogP contribution in [-0.4, -0.2) is 19.5 Å². The normalized spacial score (nSPS) is 13.5. The lowest BCUT2D eigenvalue weighted by atomic mass is 9.87. The topological polar surface area (TPSA) is 97.5 Å². The van der Waals surface area contributed by atoms with Crippen molar-refractivity contribution in [1.29, 1.82) is 0 Å². The van der Waals surface area contributed by atoms with E-state index in [0.717, 1.165) is 5.56 Å². The van der Waals surface area contributed by atoms with E-state index in [4.69, 9.17) is 10.8 Å². The van der Waals surface area contributed by atoms with Gasteiger partial charge in [-0.1, -0.05) is 45.0 Å². The maximum absolute atomic E-state index is 12.7. The number of hydrogen-bond acceptors (Lipinski definition) is 4. The highest BCUT2D eigenvalue weighted by Gasteiger charge is 2.26. The van der Waals surface area contributed by atoms with Crippen LogP contribution in [0.3, 0.4) is 0 Å². The first-order chi connectivity index (χ1) is 11.0. The third-order valence-electron chi connectivity index (χ3n) is 3.85. The van der Waals surface area contributed by atoms with Crippen molar-refractivity contribution in [2.75, 3.05) is 0 Å². The smallest absolute Gasteiger partial charge is 0.335 e. The number of hydrogen-bond donors (Lipinski definition) is 2. The molecule has 0 saturated carbocycles. The Morgan fingerprint density at radius 1 is 1.08 bits per heavy atom. The Morgan fingerprint density at radius 2 is 1.67 bits per heavy atom. The molecule has 1 unspecified atom stereocenters. The van der Waals surface area contributed by atoms with Gasteiger partial charge in [0.05, 0.1) is 10.5 Å². The molecule has 2 aromatic rings. The number of sulfone groups is 1. The van der Waals surface area contributed by atoms with Crippen molar-refractivity contribution in [1.82, 2.24) is 0 Å². The first-order valence-electron chi connectivity index (χ1n) is 7.47. The van der Waals surface area contributed by atoms with Crippen LogP contribution in [0.2, 0.25) is 0 Å². The number of carboxylic acid groups (broad SMARTS) is 1. The number of carboxylic acids is 1. The van der Waals surface area contributed by atoms with E-state index in [1.54, 1.807) is 12.1 Å². The minimum Gasteiger partial charge on any atom is -0.478 e. The lowest BCUT2D eigenvalue weighted by molar-refractivity contribution is 0.0696. The molecule has 0 aliphatic carbocycles. The fraction of sp³-hybridized carbons (Fsp3) is 0.278. The zero-order chi connectivity index (χ0) is 18.1. The molecular formula is C18H21NO4S. The summed E-state index contributed by atoms with van der Waals surface area (Å²) in [6.45, 7) is 6.12. The third-order valence-corrected chi connectivity index (χ3v) is 5.72. The van der Waals surface area contributed by atoms with E-state index in [1.807, 2.05) is 20.8 Å². The van der Waals surface area contributed by atoms with Gasteiger partial charge >= 0.3 is 5.97 Å². The van der Waals surface area contributed by atoms with Crippen LogP contribution in [0.25, 0.3) is 0 Å². The molecule has 2 rings (SSSR count). The van der Waals surface area contributed by atoms with E-state index < -0.39 is 21.2 Å². The predicted molar refractivity (Wildman–Crippen MR) is 92.7 cm³/mol. The molecule has 0 aliphatic rings. The summed E-state index contributed by atoms with van der Waals surface area (Å²) in [5, 5.41) is 7.71. The summed E-state index contributed by atoms with van der Waals surface area (Å²) >= 11 is 0. The van der Waals surface area contributed by atoms with E-state index in [9.17, 15) is 13.2 Å². The molecule has 0 radical (unpaired) electrons. The van der Waals surface area contributed by atoms with Crippen LogP contribution < -0.4 is 5.73 Å². The minimum atomic E-state index is -3.81. The molecule has 0 aliphatic heterocycles. The Kier molecular flexibility index (Phi) is 4.82. The van der Waals surface area contributed by atoms with Crippen LogP contribution in [0.1, 0.15) is 47.6 Å². The largest absolute Gasteiger partial charge is 0.478 e. The molecule has 0 bridgehead atoms. The van der Waals surface area contributed by atoms with Gasteiger partial charge in [0, 0.05) is 0 Å². The fourth-order valence-corrected chi connectivity index (χ4v) is 3.63. The Hall–Kier alpha value is -2.18. The number of carbonyl (C=O) groups is 1. The van der Waals surface area contributed by atoms with Crippen molar-refractivity contribution in [3.63, 3.8) is 0 Å². The van der Waals surface area contributed by atoms with Gasteiger partial charge in [-0.3, -0.25) is 0 Å². The summed E-state index contributed by atoms with van der Waals surface area (Å²) in [5.74, 6) is -1.13. The van der Waals surface area contributed by atoms with Crippen molar-refractivity contribution < 1.29 is 18.3 Å². The Labute approximate surface area is 142 Å². The molecule has 0 saturated heterocycles. The van der Waals surface area contributed by atoms with Gasteiger partial charge in [0.25, 0.3) is 0 Å². The summed E-state index contributed by atoms with van der Waals surface area (Å²) in [5.41, 5.74) is 7.10. The summed E-state index contributed by atoms with van der Waals surface area (Å²) in [4.78, 5) is 11.2. The van der Waals surface area contributed by atoms with Crippen LogP contribution in [0, 0.1) is 0 Å². The number of aromatic carboxylic acids is 1. The van der Waals surface area contributed by atoms with Crippen LogP contribution >= 0.6 is 0 Å². The van der Waals surface area contributed by atoms with Crippen molar-refractivity contribution in [3.8, 4) is 0 Å². The van der Waals surface area contributed by atoms with Gasteiger partial charge in [-0.25, -0.2) is 13.2 Å². The summed E-state index contributed by atoms with van der Waals surface area (Å²) in [6.07, 6.45) is 0. The van der Waals surface area contributed by atoms with Crippen molar-refractivity contribution in [3.05, 3.63) is 65.2 Å². The van der Waals surface area contributed by atoms with Gasteiger partial charge in [0.2, 0.25) is 0 Å². The van der Waals surface area contributed by atoms with Crippen LogP contribution in [-0.2, 0) is 15.3 Å². The minimum absolute atomic E-state index is 0.00114. The van der Waals surface area contributed by atoms with Crippen molar-refractivity contribution in [2.45, 2.75) is 36.5 Å².